The van der Waals surface area contributed by atoms with Gasteiger partial charge in [-0.25, -0.2) is 4.99 Å². The van der Waals surface area contributed by atoms with E-state index in [1.807, 2.05) is 39.0 Å². The number of rotatable bonds is 1. The summed E-state index contributed by atoms with van der Waals surface area (Å²) < 4.78 is 5.58. The molecule has 0 spiro atoms. The van der Waals surface area contributed by atoms with Crippen molar-refractivity contribution in [3.8, 4) is 0 Å². The van der Waals surface area contributed by atoms with Crippen molar-refractivity contribution in [1.29, 1.82) is 0 Å². The van der Waals surface area contributed by atoms with Gasteiger partial charge in [-0.2, -0.15) is 0 Å². The first-order valence-corrected chi connectivity index (χ1v) is 6.35. The van der Waals surface area contributed by atoms with Crippen molar-refractivity contribution in [3.63, 3.8) is 0 Å². The summed E-state index contributed by atoms with van der Waals surface area (Å²) in [5.74, 6) is 0.731. The fourth-order valence-electron chi connectivity index (χ4n) is 1.59. The Hall–Kier alpha value is -1.02. The van der Waals surface area contributed by atoms with Crippen molar-refractivity contribution in [2.45, 2.75) is 40.2 Å². The van der Waals surface area contributed by atoms with E-state index in [4.69, 9.17) is 16.3 Å². The molecule has 2 rings (SSSR count). The first-order valence-electron chi connectivity index (χ1n) is 5.97. The maximum atomic E-state index is 5.90. The third-order valence-electron chi connectivity index (χ3n) is 2.39. The highest BCUT2D eigenvalue weighted by atomic mass is 35.5. The minimum absolute atomic E-state index is 0.110. The van der Waals surface area contributed by atoms with Crippen molar-refractivity contribution in [1.82, 2.24) is 0 Å². The molecule has 0 N–H and O–H groups in total. The van der Waals surface area contributed by atoms with Crippen LogP contribution in [0.25, 0.3) is 0 Å². The van der Waals surface area contributed by atoms with E-state index in [1.165, 1.54) is 0 Å². The zero-order chi connectivity index (χ0) is 13.1. The highest BCUT2D eigenvalue weighted by molar-refractivity contribution is 6.30. The van der Waals surface area contributed by atoms with Gasteiger partial charge in [-0.1, -0.05) is 25.4 Å². The Balaban J connectivity index is 0.000000686. The summed E-state index contributed by atoms with van der Waals surface area (Å²) in [6, 6.07) is 5.74. The summed E-state index contributed by atoms with van der Waals surface area (Å²) in [4.78, 5) is 4.53. The lowest BCUT2D eigenvalue weighted by Gasteiger charge is -2.07. The average molecular weight is 254 g/mol. The van der Waals surface area contributed by atoms with E-state index in [2.05, 4.69) is 18.8 Å². The summed E-state index contributed by atoms with van der Waals surface area (Å²) in [6.45, 7) is 10.8. The van der Waals surface area contributed by atoms with Crippen LogP contribution in [0.5, 0.6) is 0 Å². The monoisotopic (exact) mass is 253 g/mol. The van der Waals surface area contributed by atoms with Gasteiger partial charge in [0.25, 0.3) is 0 Å². The second kappa shape index (κ2) is 5.54. The molecule has 0 fully saturated rings. The molecule has 0 saturated heterocycles. The molecule has 0 radical (unpaired) electrons. The van der Waals surface area contributed by atoms with Gasteiger partial charge in [-0.15, -0.1) is 0 Å². The predicted octanol–water partition coefficient (Wildman–Crippen LogP) is 4.23. The molecule has 0 unspecified atom stereocenters. The summed E-state index contributed by atoms with van der Waals surface area (Å²) in [5.41, 5.74) is 2.02. The number of halogens is 1. The van der Waals surface area contributed by atoms with Crippen molar-refractivity contribution in [2.75, 3.05) is 6.61 Å². The Kier molecular flexibility index (Phi) is 4.58. The lowest BCUT2D eigenvalue weighted by atomic mass is 10.1. The van der Waals surface area contributed by atoms with Gasteiger partial charge >= 0.3 is 0 Å². The third kappa shape index (κ3) is 3.47. The number of nitrogens with zero attached hydrogens (tertiary/aromatic N) is 1. The standard InChI is InChI=1S/C12H14ClNO.C2H6/c1-8-6-9(13)4-5-10(8)11-14-12(2,3)7-15-11;1-2/h4-6H,7H2,1-3H3;1-2H3. The predicted molar refractivity (Wildman–Crippen MR) is 74.1 cm³/mol. The van der Waals surface area contributed by atoms with E-state index in [1.54, 1.807) is 0 Å². The zero-order valence-corrected chi connectivity index (χ0v) is 11.9. The van der Waals surface area contributed by atoms with Crippen molar-refractivity contribution in [2.24, 2.45) is 4.99 Å². The van der Waals surface area contributed by atoms with Crippen molar-refractivity contribution in [3.05, 3.63) is 34.3 Å². The fourth-order valence-corrected chi connectivity index (χ4v) is 1.82. The summed E-state index contributed by atoms with van der Waals surface area (Å²) in [5, 5.41) is 0.745. The molecule has 1 aliphatic rings. The van der Waals surface area contributed by atoms with Crippen LogP contribution in [0.1, 0.15) is 38.8 Å². The molecular weight excluding hydrogens is 234 g/mol. The van der Waals surface area contributed by atoms with E-state index in [-0.39, 0.29) is 5.54 Å². The van der Waals surface area contributed by atoms with E-state index in [0.29, 0.717) is 6.61 Å². The van der Waals surface area contributed by atoms with E-state index in [0.717, 1.165) is 22.0 Å². The van der Waals surface area contributed by atoms with Crippen LogP contribution in [-0.4, -0.2) is 18.0 Å². The molecule has 1 aliphatic heterocycles. The molecule has 17 heavy (non-hydrogen) atoms. The van der Waals surface area contributed by atoms with Crippen LogP contribution in [0.4, 0.5) is 0 Å². The minimum Gasteiger partial charge on any atom is -0.475 e. The molecule has 0 bridgehead atoms. The zero-order valence-electron chi connectivity index (χ0n) is 11.2. The quantitative estimate of drug-likeness (QED) is 0.734. The van der Waals surface area contributed by atoms with Crippen molar-refractivity contribution >= 4 is 17.5 Å². The van der Waals surface area contributed by atoms with Gasteiger partial charge in [0, 0.05) is 10.6 Å². The van der Waals surface area contributed by atoms with Crippen LogP contribution in [0.3, 0.4) is 0 Å². The van der Waals surface area contributed by atoms with Crippen LogP contribution in [0.15, 0.2) is 23.2 Å². The first kappa shape index (κ1) is 14.0. The molecule has 1 aromatic carbocycles. The van der Waals surface area contributed by atoms with Gasteiger partial charge in [0.05, 0.1) is 5.54 Å². The Morgan fingerprint density at radius 3 is 2.41 bits per heavy atom. The first-order chi connectivity index (χ1) is 7.98. The number of benzene rings is 1. The number of hydrogen-bond donors (Lipinski definition) is 0. The molecular formula is C14H20ClNO. The van der Waals surface area contributed by atoms with Crippen LogP contribution >= 0.6 is 11.6 Å². The molecule has 0 amide bonds. The average Bonchev–Trinajstić information content (AvgIpc) is 2.61. The third-order valence-corrected chi connectivity index (χ3v) is 2.62. The van der Waals surface area contributed by atoms with E-state index < -0.39 is 0 Å². The summed E-state index contributed by atoms with van der Waals surface area (Å²) >= 11 is 5.90. The van der Waals surface area contributed by atoms with E-state index >= 15 is 0 Å². The topological polar surface area (TPSA) is 21.6 Å². The molecule has 2 nitrogen and oxygen atoms in total. The number of aliphatic imine (C=N–C) groups is 1. The molecule has 0 aliphatic carbocycles. The molecule has 1 heterocycles. The smallest absolute Gasteiger partial charge is 0.217 e. The Morgan fingerprint density at radius 2 is 1.94 bits per heavy atom. The van der Waals surface area contributed by atoms with E-state index in [9.17, 15) is 0 Å². The maximum absolute atomic E-state index is 5.90. The SMILES string of the molecule is CC.Cc1cc(Cl)ccc1C1=NC(C)(C)CO1. The Morgan fingerprint density at radius 1 is 1.29 bits per heavy atom. The Labute approximate surface area is 109 Å². The molecule has 94 valence electrons. The lowest BCUT2D eigenvalue weighted by molar-refractivity contribution is 0.279. The van der Waals surface area contributed by atoms with Gasteiger partial charge in [-0.3, -0.25) is 0 Å². The van der Waals surface area contributed by atoms with Crippen LogP contribution in [-0.2, 0) is 4.74 Å². The van der Waals surface area contributed by atoms with Crippen molar-refractivity contribution < 1.29 is 4.74 Å². The summed E-state index contributed by atoms with van der Waals surface area (Å²) in [6.07, 6.45) is 0. The number of ether oxygens (including phenoxy) is 1. The summed E-state index contributed by atoms with van der Waals surface area (Å²) in [7, 11) is 0. The van der Waals surface area contributed by atoms with Crippen LogP contribution in [0.2, 0.25) is 5.02 Å². The van der Waals surface area contributed by atoms with Gasteiger partial charge in [0.1, 0.15) is 6.61 Å². The number of hydrogen-bond acceptors (Lipinski definition) is 2. The van der Waals surface area contributed by atoms with Gasteiger partial charge in [0.15, 0.2) is 0 Å². The largest absolute Gasteiger partial charge is 0.475 e. The minimum atomic E-state index is -0.110. The fraction of sp³-hybridized carbons (Fsp3) is 0.500. The Bertz CT molecular complexity index is 424. The normalized spacial score (nSPS) is 16.7. The highest BCUT2D eigenvalue weighted by Gasteiger charge is 2.27. The molecule has 0 saturated carbocycles. The second-order valence-electron chi connectivity index (χ2n) is 4.48. The van der Waals surface area contributed by atoms with Crippen LogP contribution < -0.4 is 0 Å². The highest BCUT2D eigenvalue weighted by Crippen LogP contribution is 2.23. The van der Waals surface area contributed by atoms with Crippen LogP contribution in [0, 0.1) is 6.92 Å². The van der Waals surface area contributed by atoms with Gasteiger partial charge in [0.2, 0.25) is 5.90 Å². The number of aryl methyl sites for hydroxylation is 1. The molecule has 0 aromatic heterocycles. The molecule has 3 heteroatoms. The maximum Gasteiger partial charge on any atom is 0.217 e. The van der Waals surface area contributed by atoms with Gasteiger partial charge < -0.3 is 4.74 Å². The molecule has 1 aromatic rings. The second-order valence-corrected chi connectivity index (χ2v) is 4.91. The molecule has 0 atom stereocenters. The lowest BCUT2D eigenvalue weighted by Crippen LogP contribution is -2.17. The van der Waals surface area contributed by atoms with Gasteiger partial charge in [-0.05, 0) is 44.5 Å².